The minimum atomic E-state index is -0.725. The molecule has 1 aromatic rings. The summed E-state index contributed by atoms with van der Waals surface area (Å²) in [7, 11) is 0. The Bertz CT molecular complexity index is 501. The van der Waals surface area contributed by atoms with Crippen LogP contribution in [0.25, 0.3) is 6.08 Å². The number of hydrogen-bond acceptors (Lipinski definition) is 2. The Morgan fingerprint density at radius 1 is 1.39 bits per heavy atom. The zero-order valence-corrected chi connectivity index (χ0v) is 11.1. The third kappa shape index (κ3) is 4.39. The summed E-state index contributed by atoms with van der Waals surface area (Å²) in [6.45, 7) is 1.50. The summed E-state index contributed by atoms with van der Waals surface area (Å²) in [5.41, 5.74) is 5.64. The van der Waals surface area contributed by atoms with Crippen molar-refractivity contribution in [2.24, 2.45) is 5.73 Å². The lowest BCUT2D eigenvalue weighted by molar-refractivity contribution is -0.124. The summed E-state index contributed by atoms with van der Waals surface area (Å²) in [6.07, 6.45) is 2.77. The molecule has 4 nitrogen and oxygen atoms in total. The molecule has 0 spiro atoms. The van der Waals surface area contributed by atoms with Gasteiger partial charge in [-0.15, -0.1) is 0 Å². The summed E-state index contributed by atoms with van der Waals surface area (Å²) in [5.74, 6) is -1.03. The van der Waals surface area contributed by atoms with Crippen LogP contribution in [0.4, 0.5) is 0 Å². The molecule has 1 rings (SSSR count). The minimum absolute atomic E-state index is 0.433. The van der Waals surface area contributed by atoms with Crippen molar-refractivity contribution in [2.75, 3.05) is 0 Å². The van der Waals surface area contributed by atoms with Crippen molar-refractivity contribution in [3.63, 3.8) is 0 Å². The smallest absolute Gasteiger partial charge is 0.244 e. The summed E-state index contributed by atoms with van der Waals surface area (Å²) in [5, 5.41) is 3.40. The zero-order valence-electron chi connectivity index (χ0n) is 9.61. The molecule has 0 fully saturated rings. The van der Waals surface area contributed by atoms with Gasteiger partial charge in [-0.3, -0.25) is 9.59 Å². The van der Waals surface area contributed by atoms with Crippen molar-refractivity contribution in [3.8, 4) is 0 Å². The molecule has 0 aliphatic rings. The molecule has 3 N–H and O–H groups in total. The van der Waals surface area contributed by atoms with E-state index in [0.29, 0.717) is 15.6 Å². The van der Waals surface area contributed by atoms with Gasteiger partial charge in [0.1, 0.15) is 6.04 Å². The molecule has 6 heteroatoms. The summed E-state index contributed by atoms with van der Waals surface area (Å²) in [6, 6.07) is 4.19. The molecule has 0 bridgehead atoms. The number of amides is 2. The first-order valence-corrected chi connectivity index (χ1v) is 5.88. The molecule has 18 heavy (non-hydrogen) atoms. The Kier molecular flexibility index (Phi) is 5.19. The van der Waals surface area contributed by atoms with E-state index in [0.717, 1.165) is 0 Å². The molecule has 1 unspecified atom stereocenters. The van der Waals surface area contributed by atoms with Crippen LogP contribution < -0.4 is 11.1 Å². The number of halogens is 2. The maximum atomic E-state index is 11.4. The first-order chi connectivity index (χ1) is 8.40. The second-order valence-electron chi connectivity index (χ2n) is 3.63. The molecule has 2 amide bonds. The van der Waals surface area contributed by atoms with Crippen molar-refractivity contribution in [1.82, 2.24) is 5.32 Å². The SMILES string of the molecule is CC(NC(=O)/C=C/c1cc(Cl)ccc1Cl)C(N)=O. The average Bonchev–Trinajstić information content (AvgIpc) is 2.30. The monoisotopic (exact) mass is 286 g/mol. The molecule has 0 saturated carbocycles. The molecule has 0 aliphatic heterocycles. The van der Waals surface area contributed by atoms with Crippen molar-refractivity contribution in [3.05, 3.63) is 39.9 Å². The van der Waals surface area contributed by atoms with Crippen LogP contribution in [0.2, 0.25) is 10.0 Å². The van der Waals surface area contributed by atoms with Crippen LogP contribution in [0, 0.1) is 0 Å². The Morgan fingerprint density at radius 2 is 2.06 bits per heavy atom. The Labute approximate surface area is 115 Å². The van der Waals surface area contributed by atoms with E-state index in [4.69, 9.17) is 28.9 Å². The van der Waals surface area contributed by atoms with Gasteiger partial charge >= 0.3 is 0 Å². The van der Waals surface area contributed by atoms with Gasteiger partial charge in [-0.2, -0.15) is 0 Å². The largest absolute Gasteiger partial charge is 0.368 e. The Morgan fingerprint density at radius 3 is 2.67 bits per heavy atom. The van der Waals surface area contributed by atoms with Crippen molar-refractivity contribution < 1.29 is 9.59 Å². The maximum Gasteiger partial charge on any atom is 0.244 e. The van der Waals surface area contributed by atoms with E-state index in [1.165, 1.54) is 19.1 Å². The zero-order chi connectivity index (χ0) is 13.7. The number of nitrogens with two attached hydrogens (primary N) is 1. The standard InChI is InChI=1S/C12H12Cl2N2O2/c1-7(12(15)18)16-11(17)5-2-8-6-9(13)3-4-10(8)14/h2-7H,1H3,(H2,15,18)(H,16,17)/b5-2+. The van der Waals surface area contributed by atoms with Crippen molar-refractivity contribution in [2.45, 2.75) is 13.0 Å². The van der Waals surface area contributed by atoms with Crippen molar-refractivity contribution >= 4 is 41.1 Å². The van der Waals surface area contributed by atoms with Crippen molar-refractivity contribution in [1.29, 1.82) is 0 Å². The van der Waals surface area contributed by atoms with Gasteiger partial charge in [0.2, 0.25) is 11.8 Å². The topological polar surface area (TPSA) is 72.2 Å². The third-order valence-electron chi connectivity index (χ3n) is 2.16. The predicted octanol–water partition coefficient (Wildman–Crippen LogP) is 2.00. The number of rotatable bonds is 4. The molecule has 0 heterocycles. The quantitative estimate of drug-likeness (QED) is 0.831. The van der Waals surface area contributed by atoms with Gasteiger partial charge in [0.15, 0.2) is 0 Å². The first kappa shape index (κ1) is 14.5. The van der Waals surface area contributed by atoms with E-state index in [1.807, 2.05) is 0 Å². The van der Waals surface area contributed by atoms with Crippen LogP contribution >= 0.6 is 23.2 Å². The minimum Gasteiger partial charge on any atom is -0.368 e. The maximum absolute atomic E-state index is 11.4. The van der Waals surface area contributed by atoms with Crippen LogP contribution in [0.5, 0.6) is 0 Å². The van der Waals surface area contributed by atoms with Crippen LogP contribution in [0.15, 0.2) is 24.3 Å². The highest BCUT2D eigenvalue weighted by molar-refractivity contribution is 6.34. The molecule has 1 atom stereocenters. The van der Waals surface area contributed by atoms with Crippen LogP contribution in [0.1, 0.15) is 12.5 Å². The van der Waals surface area contributed by atoms with Gasteiger partial charge < -0.3 is 11.1 Å². The second-order valence-corrected chi connectivity index (χ2v) is 4.48. The fourth-order valence-electron chi connectivity index (χ4n) is 1.14. The van der Waals surface area contributed by atoms with Gasteiger partial charge in [0.25, 0.3) is 0 Å². The highest BCUT2D eigenvalue weighted by atomic mass is 35.5. The van der Waals surface area contributed by atoms with E-state index in [1.54, 1.807) is 18.2 Å². The van der Waals surface area contributed by atoms with E-state index in [-0.39, 0.29) is 0 Å². The van der Waals surface area contributed by atoms with Crippen LogP contribution in [0.3, 0.4) is 0 Å². The normalized spacial score (nSPS) is 12.4. The van der Waals surface area contributed by atoms with E-state index in [9.17, 15) is 9.59 Å². The molecule has 96 valence electrons. The Hall–Kier alpha value is -1.52. The molecule has 0 radical (unpaired) electrons. The van der Waals surface area contributed by atoms with Gasteiger partial charge in [-0.1, -0.05) is 23.2 Å². The highest BCUT2D eigenvalue weighted by Gasteiger charge is 2.09. The fourth-order valence-corrected chi connectivity index (χ4v) is 1.50. The fraction of sp³-hybridized carbons (Fsp3) is 0.167. The molecule has 0 aromatic heterocycles. The number of carbonyl (C=O) groups is 2. The number of hydrogen-bond donors (Lipinski definition) is 2. The van der Waals surface area contributed by atoms with Gasteiger partial charge in [-0.25, -0.2) is 0 Å². The van der Waals surface area contributed by atoms with Gasteiger partial charge in [0.05, 0.1) is 0 Å². The van der Waals surface area contributed by atoms with Crippen LogP contribution in [-0.4, -0.2) is 17.9 Å². The number of carbonyl (C=O) groups excluding carboxylic acids is 2. The Balaban J connectivity index is 2.72. The predicted molar refractivity (Wildman–Crippen MR) is 72.3 cm³/mol. The first-order valence-electron chi connectivity index (χ1n) is 5.13. The average molecular weight is 287 g/mol. The molecule has 0 saturated heterocycles. The lowest BCUT2D eigenvalue weighted by atomic mass is 10.2. The van der Waals surface area contributed by atoms with Gasteiger partial charge in [-0.05, 0) is 36.8 Å². The lowest BCUT2D eigenvalue weighted by Crippen LogP contribution is -2.41. The van der Waals surface area contributed by atoms with E-state index in [2.05, 4.69) is 5.32 Å². The van der Waals surface area contributed by atoms with Gasteiger partial charge in [0, 0.05) is 16.1 Å². The summed E-state index contributed by atoms with van der Waals surface area (Å²) < 4.78 is 0. The molecule has 0 aliphatic carbocycles. The van der Waals surface area contributed by atoms with E-state index < -0.39 is 17.9 Å². The molecular weight excluding hydrogens is 275 g/mol. The number of benzene rings is 1. The van der Waals surface area contributed by atoms with Crippen LogP contribution in [-0.2, 0) is 9.59 Å². The number of nitrogens with one attached hydrogen (secondary N) is 1. The molecule has 1 aromatic carbocycles. The van der Waals surface area contributed by atoms with E-state index >= 15 is 0 Å². The summed E-state index contributed by atoms with van der Waals surface area (Å²) in [4.78, 5) is 22.2. The highest BCUT2D eigenvalue weighted by Crippen LogP contribution is 2.21. The lowest BCUT2D eigenvalue weighted by Gasteiger charge is -2.07. The summed E-state index contributed by atoms with van der Waals surface area (Å²) >= 11 is 11.7. The second kappa shape index (κ2) is 6.42. The third-order valence-corrected chi connectivity index (χ3v) is 2.74. The molecular formula is C12H12Cl2N2O2. The number of primary amides is 1.